The highest BCUT2D eigenvalue weighted by atomic mass is 16.2. The normalized spacial score (nSPS) is 10.0. The van der Waals surface area contributed by atoms with E-state index in [4.69, 9.17) is 0 Å². The molecule has 19 heavy (non-hydrogen) atoms. The minimum absolute atomic E-state index is 0.222. The Morgan fingerprint density at radius 1 is 1.32 bits per heavy atom. The van der Waals surface area contributed by atoms with Gasteiger partial charge in [0.15, 0.2) is 0 Å². The summed E-state index contributed by atoms with van der Waals surface area (Å²) in [6, 6.07) is 3.59. The molecule has 2 rings (SSSR count). The lowest BCUT2D eigenvalue weighted by molar-refractivity contribution is 0.0988. The van der Waals surface area contributed by atoms with Crippen molar-refractivity contribution in [1.29, 1.82) is 0 Å². The van der Waals surface area contributed by atoms with Gasteiger partial charge in [-0.05, 0) is 19.1 Å². The first-order valence-corrected chi connectivity index (χ1v) is 5.96. The zero-order valence-corrected chi connectivity index (χ0v) is 10.9. The van der Waals surface area contributed by atoms with Crippen LogP contribution in [0.2, 0.25) is 0 Å². The molecular weight excluding hydrogens is 242 g/mol. The summed E-state index contributed by atoms with van der Waals surface area (Å²) >= 11 is 0. The number of nitrogens with one attached hydrogen (secondary N) is 1. The number of rotatable bonds is 4. The Bertz CT molecular complexity index is 558. The molecule has 0 saturated carbocycles. The van der Waals surface area contributed by atoms with E-state index in [9.17, 15) is 4.79 Å². The van der Waals surface area contributed by atoms with Crippen molar-refractivity contribution in [2.45, 2.75) is 6.92 Å². The molecule has 0 atom stereocenters. The lowest BCUT2D eigenvalue weighted by Gasteiger charge is -2.16. The number of nitrogens with zero attached hydrogens (tertiary/aromatic N) is 4. The van der Waals surface area contributed by atoms with Gasteiger partial charge in [0.2, 0.25) is 0 Å². The molecule has 0 spiro atoms. The summed E-state index contributed by atoms with van der Waals surface area (Å²) in [6.07, 6.45) is 6.33. The average Bonchev–Trinajstić information content (AvgIpc) is 2.47. The fraction of sp³-hybridized carbons (Fsp3) is 0.231. The molecule has 6 nitrogen and oxygen atoms in total. The maximum absolute atomic E-state index is 12.3. The minimum Gasteiger partial charge on any atom is -0.369 e. The van der Waals surface area contributed by atoms with Crippen molar-refractivity contribution < 1.29 is 4.79 Å². The van der Waals surface area contributed by atoms with Crippen LogP contribution in [0.25, 0.3) is 0 Å². The van der Waals surface area contributed by atoms with Gasteiger partial charge in [-0.3, -0.25) is 14.8 Å². The fourth-order valence-corrected chi connectivity index (χ4v) is 1.58. The highest BCUT2D eigenvalue weighted by molar-refractivity contribution is 6.04. The van der Waals surface area contributed by atoms with Crippen LogP contribution < -0.4 is 10.2 Å². The van der Waals surface area contributed by atoms with Crippen LogP contribution in [0, 0.1) is 0 Å². The van der Waals surface area contributed by atoms with E-state index < -0.39 is 0 Å². The predicted molar refractivity (Wildman–Crippen MR) is 73.2 cm³/mol. The van der Waals surface area contributed by atoms with Crippen molar-refractivity contribution in [3.63, 3.8) is 0 Å². The largest absolute Gasteiger partial charge is 0.369 e. The number of amides is 1. The lowest BCUT2D eigenvalue weighted by atomic mass is 10.3. The van der Waals surface area contributed by atoms with E-state index in [1.54, 1.807) is 31.7 Å². The molecule has 0 aliphatic heterocycles. The maximum atomic E-state index is 12.3. The molecule has 0 aliphatic rings. The van der Waals surface area contributed by atoms with E-state index in [0.29, 0.717) is 17.2 Å². The molecule has 98 valence electrons. The van der Waals surface area contributed by atoms with Gasteiger partial charge in [-0.25, -0.2) is 4.98 Å². The van der Waals surface area contributed by atoms with Crippen LogP contribution in [-0.4, -0.2) is 34.5 Å². The highest BCUT2D eigenvalue weighted by Crippen LogP contribution is 2.13. The van der Waals surface area contributed by atoms with Crippen molar-refractivity contribution in [1.82, 2.24) is 15.0 Å². The Morgan fingerprint density at radius 3 is 2.84 bits per heavy atom. The van der Waals surface area contributed by atoms with E-state index in [0.717, 1.165) is 6.54 Å². The molecule has 6 heteroatoms. The van der Waals surface area contributed by atoms with E-state index in [1.165, 1.54) is 11.1 Å². The molecule has 1 amide bonds. The summed E-state index contributed by atoms with van der Waals surface area (Å²) < 4.78 is 0. The number of anilines is 2. The summed E-state index contributed by atoms with van der Waals surface area (Å²) in [5, 5.41) is 3.02. The van der Waals surface area contributed by atoms with Crippen molar-refractivity contribution in [3.05, 3.63) is 42.6 Å². The molecule has 1 N–H and O–H groups in total. The van der Waals surface area contributed by atoms with Gasteiger partial charge in [-0.15, -0.1) is 0 Å². The first-order valence-electron chi connectivity index (χ1n) is 5.96. The van der Waals surface area contributed by atoms with Gasteiger partial charge >= 0.3 is 0 Å². The van der Waals surface area contributed by atoms with Crippen LogP contribution in [0.1, 0.15) is 17.4 Å². The first kappa shape index (κ1) is 12.9. The molecule has 0 bridgehead atoms. The number of aromatic nitrogens is 3. The number of carbonyl (C=O) groups is 1. The van der Waals surface area contributed by atoms with E-state index >= 15 is 0 Å². The molecule has 0 aliphatic carbocycles. The Labute approximate surface area is 111 Å². The second-order valence-electron chi connectivity index (χ2n) is 3.90. The third kappa shape index (κ3) is 3.04. The zero-order chi connectivity index (χ0) is 13.7. The van der Waals surface area contributed by atoms with Gasteiger partial charge in [0.25, 0.3) is 5.91 Å². The van der Waals surface area contributed by atoms with Crippen LogP contribution >= 0.6 is 0 Å². The second-order valence-corrected chi connectivity index (χ2v) is 3.90. The lowest BCUT2D eigenvalue weighted by Crippen LogP contribution is -2.27. The van der Waals surface area contributed by atoms with Crippen LogP contribution in [-0.2, 0) is 0 Å². The summed E-state index contributed by atoms with van der Waals surface area (Å²) in [4.78, 5) is 26.0. The topological polar surface area (TPSA) is 71.0 Å². The van der Waals surface area contributed by atoms with Gasteiger partial charge in [0.1, 0.15) is 11.5 Å². The quantitative estimate of drug-likeness (QED) is 0.900. The summed E-state index contributed by atoms with van der Waals surface area (Å²) in [7, 11) is 1.68. The molecule has 0 aromatic carbocycles. The number of hydrogen-bond donors (Lipinski definition) is 1. The van der Waals surface area contributed by atoms with E-state index in [-0.39, 0.29) is 5.91 Å². The van der Waals surface area contributed by atoms with Crippen LogP contribution in [0.15, 0.2) is 36.9 Å². The van der Waals surface area contributed by atoms with E-state index in [2.05, 4.69) is 20.3 Å². The van der Waals surface area contributed by atoms with Crippen LogP contribution in [0.3, 0.4) is 0 Å². The Hall–Kier alpha value is -2.50. The SMILES string of the molecule is CCNc1cncc(C(=O)N(C)c2cccnc2)n1. The molecule has 2 aromatic heterocycles. The predicted octanol–water partition coefficient (Wildman–Crippen LogP) is 1.58. The standard InChI is InChI=1S/C13H15N5O/c1-3-16-12-9-15-8-11(17-12)13(19)18(2)10-5-4-6-14-7-10/h4-9H,3H2,1-2H3,(H,16,17). The summed E-state index contributed by atoms with van der Waals surface area (Å²) in [6.45, 7) is 2.68. The number of carbonyl (C=O) groups excluding carboxylic acids is 1. The third-order valence-electron chi connectivity index (χ3n) is 2.55. The van der Waals surface area contributed by atoms with Gasteiger partial charge < -0.3 is 10.2 Å². The molecule has 0 saturated heterocycles. The smallest absolute Gasteiger partial charge is 0.278 e. The Kier molecular flexibility index (Phi) is 4.02. The number of pyridine rings is 1. The number of hydrogen-bond acceptors (Lipinski definition) is 5. The Morgan fingerprint density at radius 2 is 2.16 bits per heavy atom. The van der Waals surface area contributed by atoms with Crippen LogP contribution in [0.4, 0.5) is 11.5 Å². The molecule has 0 radical (unpaired) electrons. The van der Waals surface area contributed by atoms with Crippen molar-refractivity contribution in [2.75, 3.05) is 23.8 Å². The maximum Gasteiger partial charge on any atom is 0.278 e. The van der Waals surface area contributed by atoms with Gasteiger partial charge in [0, 0.05) is 19.8 Å². The first-order chi connectivity index (χ1) is 9.22. The second kappa shape index (κ2) is 5.90. The molecule has 0 fully saturated rings. The molecule has 0 unspecified atom stereocenters. The van der Waals surface area contributed by atoms with E-state index in [1.807, 2.05) is 13.0 Å². The average molecular weight is 257 g/mol. The minimum atomic E-state index is -0.222. The van der Waals surface area contributed by atoms with Gasteiger partial charge in [0.05, 0.1) is 24.3 Å². The Balaban J connectivity index is 2.22. The summed E-state index contributed by atoms with van der Waals surface area (Å²) in [5.41, 5.74) is 1.01. The molecular formula is C13H15N5O. The monoisotopic (exact) mass is 257 g/mol. The summed E-state index contributed by atoms with van der Waals surface area (Å²) in [5.74, 6) is 0.369. The van der Waals surface area contributed by atoms with Crippen molar-refractivity contribution in [2.24, 2.45) is 0 Å². The highest BCUT2D eigenvalue weighted by Gasteiger charge is 2.15. The van der Waals surface area contributed by atoms with Crippen molar-refractivity contribution >= 4 is 17.4 Å². The third-order valence-corrected chi connectivity index (χ3v) is 2.55. The molecule has 2 heterocycles. The van der Waals surface area contributed by atoms with Crippen molar-refractivity contribution in [3.8, 4) is 0 Å². The fourth-order valence-electron chi connectivity index (χ4n) is 1.58. The van der Waals surface area contributed by atoms with Crippen LogP contribution in [0.5, 0.6) is 0 Å². The zero-order valence-electron chi connectivity index (χ0n) is 10.9. The van der Waals surface area contributed by atoms with Gasteiger partial charge in [-0.1, -0.05) is 0 Å². The van der Waals surface area contributed by atoms with Gasteiger partial charge in [-0.2, -0.15) is 0 Å². The molecule has 2 aromatic rings.